The molecule has 1 heterocycles. The first-order valence-electron chi connectivity index (χ1n) is 7.49. The molecule has 1 N–H and O–H groups in total. The lowest BCUT2D eigenvalue weighted by molar-refractivity contribution is 0.179. The smallest absolute Gasteiger partial charge is 0.198 e. The zero-order chi connectivity index (χ0) is 13.5. The number of ether oxygens (including phenoxy) is 1. The van der Waals surface area contributed by atoms with E-state index in [0.29, 0.717) is 12.0 Å². The number of nitrogens with one attached hydrogen (secondary N) is 1. The van der Waals surface area contributed by atoms with Crippen molar-refractivity contribution in [2.45, 2.75) is 37.6 Å². The molecule has 106 valence electrons. The second-order valence-electron chi connectivity index (χ2n) is 6.05. The van der Waals surface area contributed by atoms with Crippen molar-refractivity contribution >= 4 is 16.8 Å². The van der Waals surface area contributed by atoms with Crippen LogP contribution in [0.1, 0.15) is 37.5 Å². The normalized spacial score (nSPS) is 20.2. The molecule has 20 heavy (non-hydrogen) atoms. The van der Waals surface area contributed by atoms with Crippen molar-refractivity contribution in [3.8, 4) is 0 Å². The summed E-state index contributed by atoms with van der Waals surface area (Å²) in [5.74, 6) is 2.23. The number of fused-ring (bicyclic) bond motifs is 1. The fourth-order valence-corrected chi connectivity index (χ4v) is 2.73. The Labute approximate surface area is 118 Å². The van der Waals surface area contributed by atoms with Crippen molar-refractivity contribution in [1.82, 2.24) is 4.98 Å². The molecule has 0 bridgehead atoms. The van der Waals surface area contributed by atoms with Crippen LogP contribution in [0.15, 0.2) is 22.6 Å². The number of benzene rings is 1. The van der Waals surface area contributed by atoms with E-state index in [1.54, 1.807) is 7.11 Å². The summed E-state index contributed by atoms with van der Waals surface area (Å²) in [6.07, 6.45) is 5.04. The topological polar surface area (TPSA) is 47.3 Å². The molecule has 0 spiro atoms. The third-order valence-corrected chi connectivity index (χ3v) is 4.22. The molecule has 1 aromatic heterocycles. The minimum atomic E-state index is 0.409. The van der Waals surface area contributed by atoms with Gasteiger partial charge in [0.25, 0.3) is 0 Å². The molecule has 2 aliphatic carbocycles. The SMILES string of the molecule is COCC(Nc1ccc2oc(C3CC3)nc2c1)C1CC1. The average molecular weight is 272 g/mol. The summed E-state index contributed by atoms with van der Waals surface area (Å²) in [5.41, 5.74) is 2.97. The van der Waals surface area contributed by atoms with E-state index in [4.69, 9.17) is 9.15 Å². The number of hydrogen-bond donors (Lipinski definition) is 1. The largest absolute Gasteiger partial charge is 0.440 e. The molecule has 0 radical (unpaired) electrons. The van der Waals surface area contributed by atoms with Gasteiger partial charge < -0.3 is 14.5 Å². The fraction of sp³-hybridized carbons (Fsp3) is 0.562. The zero-order valence-corrected chi connectivity index (χ0v) is 11.8. The number of hydrogen-bond acceptors (Lipinski definition) is 4. The van der Waals surface area contributed by atoms with E-state index in [1.165, 1.54) is 25.7 Å². The molecule has 4 nitrogen and oxygen atoms in total. The zero-order valence-electron chi connectivity index (χ0n) is 11.8. The highest BCUT2D eigenvalue weighted by molar-refractivity contribution is 5.77. The van der Waals surface area contributed by atoms with Crippen molar-refractivity contribution < 1.29 is 9.15 Å². The van der Waals surface area contributed by atoms with E-state index >= 15 is 0 Å². The van der Waals surface area contributed by atoms with E-state index in [0.717, 1.165) is 35.2 Å². The lowest BCUT2D eigenvalue weighted by Gasteiger charge is -2.18. The van der Waals surface area contributed by atoms with Gasteiger partial charge in [-0.1, -0.05) is 0 Å². The number of nitrogens with zero attached hydrogens (tertiary/aromatic N) is 1. The van der Waals surface area contributed by atoms with Gasteiger partial charge >= 0.3 is 0 Å². The van der Waals surface area contributed by atoms with Crippen LogP contribution in [-0.2, 0) is 4.74 Å². The number of oxazole rings is 1. The second-order valence-corrected chi connectivity index (χ2v) is 6.05. The van der Waals surface area contributed by atoms with Crippen LogP contribution in [0.2, 0.25) is 0 Å². The molecule has 1 unspecified atom stereocenters. The second kappa shape index (κ2) is 4.77. The number of methoxy groups -OCH3 is 1. The first-order chi connectivity index (χ1) is 9.83. The summed E-state index contributed by atoms with van der Waals surface area (Å²) < 4.78 is 11.1. The van der Waals surface area contributed by atoms with Gasteiger partial charge in [-0.25, -0.2) is 4.98 Å². The lowest BCUT2D eigenvalue weighted by atomic mass is 10.2. The van der Waals surface area contributed by atoms with Crippen LogP contribution < -0.4 is 5.32 Å². The van der Waals surface area contributed by atoms with E-state index in [-0.39, 0.29) is 0 Å². The number of aromatic nitrogens is 1. The summed E-state index contributed by atoms with van der Waals surface area (Å²) in [6, 6.07) is 6.60. The molecule has 0 amide bonds. The third kappa shape index (κ3) is 2.40. The first kappa shape index (κ1) is 12.2. The van der Waals surface area contributed by atoms with Crippen molar-refractivity contribution in [2.24, 2.45) is 5.92 Å². The predicted octanol–water partition coefficient (Wildman–Crippen LogP) is 3.54. The maximum absolute atomic E-state index is 5.80. The Hall–Kier alpha value is -1.55. The molecule has 0 aliphatic heterocycles. The molecular weight excluding hydrogens is 252 g/mol. The van der Waals surface area contributed by atoms with Crippen molar-refractivity contribution in [3.63, 3.8) is 0 Å². The molecule has 4 heteroatoms. The molecule has 2 aliphatic rings. The third-order valence-electron chi connectivity index (χ3n) is 4.22. The van der Waals surface area contributed by atoms with Crippen molar-refractivity contribution in [2.75, 3.05) is 19.0 Å². The van der Waals surface area contributed by atoms with Crippen LogP contribution in [0.3, 0.4) is 0 Å². The fourth-order valence-electron chi connectivity index (χ4n) is 2.73. The predicted molar refractivity (Wildman–Crippen MR) is 78.0 cm³/mol. The van der Waals surface area contributed by atoms with E-state index in [1.807, 2.05) is 6.07 Å². The van der Waals surface area contributed by atoms with E-state index < -0.39 is 0 Å². The summed E-state index contributed by atoms with van der Waals surface area (Å²) in [7, 11) is 1.76. The Morgan fingerprint density at radius 1 is 1.35 bits per heavy atom. The molecular formula is C16H20N2O2. The molecule has 1 atom stereocenters. The quantitative estimate of drug-likeness (QED) is 0.873. The summed E-state index contributed by atoms with van der Waals surface area (Å²) >= 11 is 0. The first-order valence-corrected chi connectivity index (χ1v) is 7.49. The van der Waals surface area contributed by atoms with Crippen LogP contribution in [0, 0.1) is 5.92 Å². The minimum Gasteiger partial charge on any atom is -0.440 e. The Morgan fingerprint density at radius 3 is 2.90 bits per heavy atom. The highest BCUT2D eigenvalue weighted by Gasteiger charge is 2.31. The van der Waals surface area contributed by atoms with E-state index in [9.17, 15) is 0 Å². The van der Waals surface area contributed by atoms with Crippen LogP contribution >= 0.6 is 0 Å². The summed E-state index contributed by atoms with van der Waals surface area (Å²) in [6.45, 7) is 0.759. The Balaban J connectivity index is 1.56. The molecule has 0 saturated heterocycles. The summed E-state index contributed by atoms with van der Waals surface area (Å²) in [5, 5.41) is 3.58. The molecule has 2 saturated carbocycles. The Kier molecular flexibility index (Phi) is 2.91. The van der Waals surface area contributed by atoms with Gasteiger partial charge in [-0.3, -0.25) is 0 Å². The van der Waals surface area contributed by atoms with Gasteiger partial charge in [0.1, 0.15) is 5.52 Å². The number of rotatable bonds is 6. The van der Waals surface area contributed by atoms with Crippen LogP contribution in [-0.4, -0.2) is 24.7 Å². The standard InChI is InChI=1S/C16H20N2O2/c1-19-9-14(10-2-3-10)17-12-6-7-15-13(8-12)18-16(20-15)11-4-5-11/h6-8,10-11,14,17H,2-5,9H2,1H3. The maximum atomic E-state index is 5.80. The lowest BCUT2D eigenvalue weighted by Crippen LogP contribution is -2.27. The van der Waals surface area contributed by atoms with Crippen molar-refractivity contribution in [3.05, 3.63) is 24.1 Å². The highest BCUT2D eigenvalue weighted by Crippen LogP contribution is 2.41. The Bertz CT molecular complexity index is 614. The average Bonchev–Trinajstić information content (AvgIpc) is 3.34. The van der Waals surface area contributed by atoms with Crippen molar-refractivity contribution in [1.29, 1.82) is 0 Å². The van der Waals surface area contributed by atoms with Gasteiger partial charge in [-0.05, 0) is 49.8 Å². The van der Waals surface area contributed by atoms with Crippen LogP contribution in [0.4, 0.5) is 5.69 Å². The summed E-state index contributed by atoms with van der Waals surface area (Å²) in [4.78, 5) is 4.61. The van der Waals surface area contributed by atoms with Gasteiger partial charge in [0.05, 0.1) is 12.6 Å². The van der Waals surface area contributed by atoms with Gasteiger partial charge in [0, 0.05) is 18.7 Å². The maximum Gasteiger partial charge on any atom is 0.198 e. The molecule has 4 rings (SSSR count). The van der Waals surface area contributed by atoms with Crippen LogP contribution in [0.25, 0.3) is 11.1 Å². The van der Waals surface area contributed by atoms with Gasteiger partial charge in [0.2, 0.25) is 0 Å². The number of anilines is 1. The van der Waals surface area contributed by atoms with Crippen LogP contribution in [0.5, 0.6) is 0 Å². The van der Waals surface area contributed by atoms with Gasteiger partial charge in [-0.2, -0.15) is 0 Å². The van der Waals surface area contributed by atoms with E-state index in [2.05, 4.69) is 22.4 Å². The molecule has 1 aromatic carbocycles. The monoisotopic (exact) mass is 272 g/mol. The molecule has 2 fully saturated rings. The van der Waals surface area contributed by atoms with Gasteiger partial charge in [0.15, 0.2) is 11.5 Å². The van der Waals surface area contributed by atoms with Gasteiger partial charge in [-0.15, -0.1) is 0 Å². The molecule has 2 aromatic rings. The Morgan fingerprint density at radius 2 is 2.20 bits per heavy atom. The minimum absolute atomic E-state index is 0.409. The highest BCUT2D eigenvalue weighted by atomic mass is 16.5.